The zero-order valence-electron chi connectivity index (χ0n) is 22.9. The van der Waals surface area contributed by atoms with E-state index in [0.29, 0.717) is 21.0 Å². The molecule has 2 aliphatic heterocycles. The number of benzene rings is 2. The van der Waals surface area contributed by atoms with Crippen molar-refractivity contribution in [3.63, 3.8) is 0 Å². The molecule has 5 aromatic rings. The number of anilines is 1. The minimum Gasteiger partial charge on any atom is -0.352 e. The number of nitrogens with one attached hydrogen (secondary N) is 2. The molecular weight excluding hydrogens is 550 g/mol. The number of likely N-dealkylation sites (N-methyl/N-ethyl adjacent to an activating group) is 1. The lowest BCUT2D eigenvalue weighted by Crippen LogP contribution is -2.67. The lowest BCUT2D eigenvalue weighted by molar-refractivity contribution is 0.133. The second kappa shape index (κ2) is 9.27. The first-order valence-corrected chi connectivity index (χ1v) is 14.4. The molecule has 0 atom stereocenters. The Balaban J connectivity index is 1.52. The van der Waals surface area contributed by atoms with E-state index in [1.54, 1.807) is 12.3 Å². The van der Waals surface area contributed by atoms with Gasteiger partial charge in [-0.2, -0.15) is 10.2 Å². The highest BCUT2D eigenvalue weighted by atomic mass is 35.5. The van der Waals surface area contributed by atoms with Crippen LogP contribution in [0, 0.1) is 12.7 Å². The van der Waals surface area contributed by atoms with Gasteiger partial charge in [0, 0.05) is 40.0 Å². The maximum atomic E-state index is 16.9. The summed E-state index contributed by atoms with van der Waals surface area (Å²) < 4.78 is 19.0. The van der Waals surface area contributed by atoms with E-state index < -0.39 is 5.82 Å². The van der Waals surface area contributed by atoms with Crippen molar-refractivity contribution in [2.24, 2.45) is 0 Å². The first-order valence-electron chi connectivity index (χ1n) is 13.6. The van der Waals surface area contributed by atoms with Gasteiger partial charge in [-0.1, -0.05) is 23.2 Å². The molecule has 0 amide bonds. The zero-order valence-corrected chi connectivity index (χ0v) is 24.5. The van der Waals surface area contributed by atoms with Gasteiger partial charge in [-0.15, -0.1) is 0 Å². The molecule has 0 spiro atoms. The summed E-state index contributed by atoms with van der Waals surface area (Å²) in [7, 11) is 4.18. The topological polar surface area (TPSA) is 77.9 Å². The molecule has 8 nitrogen and oxygen atoms in total. The van der Waals surface area contributed by atoms with Gasteiger partial charge in [0.25, 0.3) is 0 Å². The Kier molecular flexibility index (Phi) is 6.02. The van der Waals surface area contributed by atoms with Gasteiger partial charge in [-0.25, -0.2) is 9.37 Å². The largest absolute Gasteiger partial charge is 0.352 e. The lowest BCUT2D eigenvalue weighted by atomic mass is 9.90. The van der Waals surface area contributed by atoms with E-state index in [-0.39, 0.29) is 22.7 Å². The van der Waals surface area contributed by atoms with Crippen LogP contribution in [0.4, 0.5) is 10.2 Å². The van der Waals surface area contributed by atoms with Gasteiger partial charge in [-0.3, -0.25) is 9.78 Å². The second-order valence-corrected chi connectivity index (χ2v) is 12.5. The lowest BCUT2D eigenvalue weighted by Gasteiger charge is -2.52. The molecule has 0 aliphatic carbocycles. The van der Waals surface area contributed by atoms with Gasteiger partial charge in [0.15, 0.2) is 5.82 Å². The average molecular weight is 582 g/mol. The highest BCUT2D eigenvalue weighted by Gasteiger charge is 2.42. The summed E-state index contributed by atoms with van der Waals surface area (Å²) in [4.78, 5) is 9.46. The zero-order chi connectivity index (χ0) is 27.9. The number of H-pyrrole nitrogens is 1. The van der Waals surface area contributed by atoms with E-state index >= 15 is 4.39 Å². The normalized spacial score (nSPS) is 17.9. The van der Waals surface area contributed by atoms with Gasteiger partial charge >= 0.3 is 0 Å². The number of pyridine rings is 1. The first-order chi connectivity index (χ1) is 19.2. The Labute approximate surface area is 241 Å². The molecule has 0 radical (unpaired) electrons. The SMILES string of the molecule is Cc1c(Cl)cc2[nH]ncc2c1-c1c(Cl)cc2c(nc(N3CC(C)(N(C)C)C3)c3cnn(C4CCNCC4)c32)c1F. The van der Waals surface area contributed by atoms with Crippen molar-refractivity contribution < 1.29 is 4.39 Å². The molecular formula is C29H31Cl2FN8. The van der Waals surface area contributed by atoms with Crippen molar-refractivity contribution in [1.82, 2.24) is 35.2 Å². The summed E-state index contributed by atoms with van der Waals surface area (Å²) in [5.74, 6) is 0.290. The van der Waals surface area contributed by atoms with Crippen LogP contribution in [0.1, 0.15) is 31.4 Å². The van der Waals surface area contributed by atoms with Crippen LogP contribution in [0.3, 0.4) is 0 Å². The standard InChI is InChI=1S/C29H31Cl2FN8/c1-15-20(30)10-22-18(11-34-37-22)23(15)24-21(31)9-17-26(25(24)32)36-28(39-13-29(2,14-39)38(3)4)19-12-35-40(27(17)19)16-5-7-33-8-6-16/h9-12,16,33H,5-8,13-14H2,1-4H3,(H,34,37). The summed E-state index contributed by atoms with van der Waals surface area (Å²) in [6.07, 6.45) is 5.48. The summed E-state index contributed by atoms with van der Waals surface area (Å²) in [5, 5.41) is 18.6. The van der Waals surface area contributed by atoms with Crippen LogP contribution in [0.25, 0.3) is 43.8 Å². The fraction of sp³-hybridized carbons (Fsp3) is 0.414. The smallest absolute Gasteiger partial charge is 0.158 e. The van der Waals surface area contributed by atoms with Gasteiger partial charge < -0.3 is 15.1 Å². The Morgan fingerprint density at radius 2 is 1.77 bits per heavy atom. The van der Waals surface area contributed by atoms with Gasteiger partial charge in [-0.05, 0) is 71.6 Å². The minimum absolute atomic E-state index is 0.0164. The molecule has 7 rings (SSSR count). The molecule has 2 aliphatic rings. The Hall–Kier alpha value is -2.98. The van der Waals surface area contributed by atoms with Crippen molar-refractivity contribution in [3.05, 3.63) is 46.0 Å². The number of aromatic amines is 1. The predicted octanol–water partition coefficient (Wildman–Crippen LogP) is 5.95. The number of aromatic nitrogens is 5. The fourth-order valence-electron chi connectivity index (χ4n) is 6.35. The molecule has 208 valence electrons. The van der Waals surface area contributed by atoms with Crippen molar-refractivity contribution >= 4 is 61.7 Å². The van der Waals surface area contributed by atoms with Gasteiger partial charge in [0.2, 0.25) is 0 Å². The van der Waals surface area contributed by atoms with Crippen molar-refractivity contribution in [3.8, 4) is 11.1 Å². The predicted molar refractivity (Wildman–Crippen MR) is 160 cm³/mol. The number of rotatable bonds is 4. The van der Waals surface area contributed by atoms with Gasteiger partial charge in [0.1, 0.15) is 11.3 Å². The van der Waals surface area contributed by atoms with E-state index in [2.05, 4.69) is 51.0 Å². The molecule has 0 unspecified atom stereocenters. The number of piperidine rings is 1. The summed E-state index contributed by atoms with van der Waals surface area (Å²) in [6.45, 7) is 7.53. The van der Waals surface area contributed by atoms with E-state index in [1.807, 2.05) is 19.2 Å². The molecule has 3 aromatic heterocycles. The summed E-state index contributed by atoms with van der Waals surface area (Å²) in [6, 6.07) is 3.86. The number of hydrogen-bond acceptors (Lipinski definition) is 6. The van der Waals surface area contributed by atoms with Gasteiger partial charge in [0.05, 0.1) is 45.4 Å². The van der Waals surface area contributed by atoms with Crippen LogP contribution in [0.5, 0.6) is 0 Å². The molecule has 40 heavy (non-hydrogen) atoms. The summed E-state index contributed by atoms with van der Waals surface area (Å²) in [5.41, 5.74) is 3.55. The molecule has 2 saturated heterocycles. The monoisotopic (exact) mass is 580 g/mol. The van der Waals surface area contributed by atoms with E-state index in [9.17, 15) is 0 Å². The Morgan fingerprint density at radius 1 is 1.02 bits per heavy atom. The number of fused-ring (bicyclic) bond motifs is 4. The maximum Gasteiger partial charge on any atom is 0.158 e. The van der Waals surface area contributed by atoms with Crippen LogP contribution in [0.2, 0.25) is 10.0 Å². The third-order valence-corrected chi connectivity index (χ3v) is 9.68. The minimum atomic E-state index is -0.465. The Morgan fingerprint density at radius 3 is 2.50 bits per heavy atom. The highest BCUT2D eigenvalue weighted by Crippen LogP contribution is 2.45. The van der Waals surface area contributed by atoms with Crippen molar-refractivity contribution in [2.45, 2.75) is 38.3 Å². The number of nitrogens with zero attached hydrogens (tertiary/aromatic N) is 6. The summed E-state index contributed by atoms with van der Waals surface area (Å²) >= 11 is 13.5. The first kappa shape index (κ1) is 26.0. The molecule has 2 fully saturated rings. The molecule has 11 heteroatoms. The molecule has 0 saturated carbocycles. The second-order valence-electron chi connectivity index (χ2n) is 11.6. The molecule has 2 aromatic carbocycles. The third kappa shape index (κ3) is 3.75. The molecule has 5 heterocycles. The van der Waals surface area contributed by atoms with Crippen LogP contribution in [0.15, 0.2) is 24.5 Å². The van der Waals surface area contributed by atoms with E-state index in [1.165, 1.54) is 0 Å². The fourth-order valence-corrected chi connectivity index (χ4v) is 6.84. The molecule has 2 N–H and O–H groups in total. The third-order valence-electron chi connectivity index (χ3n) is 8.99. The van der Waals surface area contributed by atoms with Crippen LogP contribution in [-0.4, -0.2) is 75.7 Å². The Bertz CT molecular complexity index is 1800. The van der Waals surface area contributed by atoms with E-state index in [0.717, 1.165) is 72.2 Å². The van der Waals surface area contributed by atoms with E-state index in [4.69, 9.17) is 33.3 Å². The van der Waals surface area contributed by atoms with Crippen LogP contribution >= 0.6 is 23.2 Å². The van der Waals surface area contributed by atoms with Crippen molar-refractivity contribution in [2.75, 3.05) is 45.2 Å². The number of halogens is 3. The maximum absolute atomic E-state index is 16.9. The van der Waals surface area contributed by atoms with Crippen LogP contribution in [-0.2, 0) is 0 Å². The average Bonchev–Trinajstić information content (AvgIpc) is 3.57. The van der Waals surface area contributed by atoms with Crippen molar-refractivity contribution in [1.29, 1.82) is 0 Å². The molecule has 0 bridgehead atoms. The highest BCUT2D eigenvalue weighted by molar-refractivity contribution is 6.36. The van der Waals surface area contributed by atoms with Crippen LogP contribution < -0.4 is 10.2 Å². The number of hydrogen-bond donors (Lipinski definition) is 2. The quantitative estimate of drug-likeness (QED) is 0.273.